The molecule has 1 aliphatic heterocycles. The maximum atomic E-state index is 11.3. The molecule has 0 spiro atoms. The highest BCUT2D eigenvalue weighted by Crippen LogP contribution is 2.24. The Hall–Kier alpha value is -1.90. The number of nitrogens with one attached hydrogen (secondary N) is 1. The highest BCUT2D eigenvalue weighted by Gasteiger charge is 2.25. The summed E-state index contributed by atoms with van der Waals surface area (Å²) in [5, 5.41) is 4.41. The van der Waals surface area contributed by atoms with Crippen LogP contribution in [0.15, 0.2) is 36.5 Å². The van der Waals surface area contributed by atoms with Crippen LogP contribution in [0, 0.1) is 0 Å². The quantitative estimate of drug-likeness (QED) is 0.803. The Labute approximate surface area is 148 Å². The van der Waals surface area contributed by atoms with E-state index in [9.17, 15) is 8.42 Å². The molecule has 0 amide bonds. The summed E-state index contributed by atoms with van der Waals surface area (Å²) in [6, 6.07) is 10.3. The number of rotatable bonds is 7. The third kappa shape index (κ3) is 4.81. The topological polar surface area (TPSA) is 76.5 Å². The van der Waals surface area contributed by atoms with Crippen LogP contribution in [0.2, 0.25) is 0 Å². The van der Waals surface area contributed by atoms with E-state index in [1.54, 1.807) is 7.11 Å². The molecular weight excluding hydrogens is 340 g/mol. The van der Waals surface area contributed by atoms with Gasteiger partial charge in [0.15, 0.2) is 0 Å². The van der Waals surface area contributed by atoms with Crippen molar-refractivity contribution in [3.05, 3.63) is 47.8 Å². The smallest absolute Gasteiger partial charge is 0.208 e. The highest BCUT2D eigenvalue weighted by molar-refractivity contribution is 7.88. The molecule has 1 N–H and O–H groups in total. The molecule has 2 heterocycles. The lowest BCUT2D eigenvalue weighted by molar-refractivity contribution is 0.162. The predicted molar refractivity (Wildman–Crippen MR) is 95.8 cm³/mol. The molecule has 0 radical (unpaired) electrons. The summed E-state index contributed by atoms with van der Waals surface area (Å²) in [5.41, 5.74) is 2.38. The first-order chi connectivity index (χ1) is 11.9. The zero-order chi connectivity index (χ0) is 17.9. The molecule has 1 aromatic carbocycles. The average Bonchev–Trinajstić information content (AvgIpc) is 3.03. The maximum Gasteiger partial charge on any atom is 0.208 e. The van der Waals surface area contributed by atoms with Gasteiger partial charge in [0.1, 0.15) is 5.75 Å². The normalized spacial score (nSPS) is 18.1. The molecule has 0 aliphatic carbocycles. The SMILES string of the molecule is COc1ccc(CN2Cc3ccnn3[C@@H](CCNS(C)(=O)=O)C2)cc1. The minimum atomic E-state index is -3.16. The van der Waals surface area contributed by atoms with E-state index >= 15 is 0 Å². The second kappa shape index (κ2) is 7.55. The van der Waals surface area contributed by atoms with Crippen LogP contribution in [0.4, 0.5) is 0 Å². The van der Waals surface area contributed by atoms with Crippen molar-refractivity contribution in [1.29, 1.82) is 0 Å². The van der Waals surface area contributed by atoms with Crippen molar-refractivity contribution < 1.29 is 13.2 Å². The van der Waals surface area contributed by atoms with Gasteiger partial charge in [-0.05, 0) is 30.2 Å². The van der Waals surface area contributed by atoms with E-state index in [-0.39, 0.29) is 6.04 Å². The van der Waals surface area contributed by atoms with Crippen LogP contribution in [0.3, 0.4) is 0 Å². The largest absolute Gasteiger partial charge is 0.497 e. The molecule has 1 aromatic heterocycles. The minimum absolute atomic E-state index is 0.159. The molecular formula is C17H24N4O3S. The fraction of sp³-hybridized carbons (Fsp3) is 0.471. The maximum absolute atomic E-state index is 11.3. The number of sulfonamides is 1. The van der Waals surface area contributed by atoms with Crippen LogP contribution < -0.4 is 9.46 Å². The van der Waals surface area contributed by atoms with Gasteiger partial charge in [-0.15, -0.1) is 0 Å². The molecule has 0 unspecified atom stereocenters. The van der Waals surface area contributed by atoms with E-state index in [1.165, 1.54) is 11.8 Å². The molecule has 136 valence electrons. The number of hydrogen-bond donors (Lipinski definition) is 1. The van der Waals surface area contributed by atoms with Gasteiger partial charge in [0.2, 0.25) is 10.0 Å². The number of aromatic nitrogens is 2. The van der Waals surface area contributed by atoms with Crippen molar-refractivity contribution in [1.82, 2.24) is 19.4 Å². The molecule has 1 atom stereocenters. The zero-order valence-electron chi connectivity index (χ0n) is 14.6. The van der Waals surface area contributed by atoms with Crippen LogP contribution in [0.1, 0.15) is 23.7 Å². The number of methoxy groups -OCH3 is 1. The van der Waals surface area contributed by atoms with E-state index in [4.69, 9.17) is 4.74 Å². The van der Waals surface area contributed by atoms with Crippen LogP contribution in [-0.2, 0) is 23.1 Å². The van der Waals surface area contributed by atoms with Crippen LogP contribution in [0.5, 0.6) is 5.75 Å². The number of ether oxygens (including phenoxy) is 1. The zero-order valence-corrected chi connectivity index (χ0v) is 15.4. The van der Waals surface area contributed by atoms with Gasteiger partial charge in [-0.2, -0.15) is 5.10 Å². The fourth-order valence-corrected chi connectivity index (χ4v) is 3.69. The summed E-state index contributed by atoms with van der Waals surface area (Å²) in [5.74, 6) is 0.852. The van der Waals surface area contributed by atoms with Gasteiger partial charge in [-0.25, -0.2) is 13.1 Å². The van der Waals surface area contributed by atoms with Gasteiger partial charge >= 0.3 is 0 Å². The van der Waals surface area contributed by atoms with Gasteiger partial charge in [-0.3, -0.25) is 9.58 Å². The van der Waals surface area contributed by atoms with E-state index in [1.807, 2.05) is 29.1 Å². The number of fused-ring (bicyclic) bond motifs is 1. The Kier molecular flexibility index (Phi) is 5.41. The summed E-state index contributed by atoms with van der Waals surface area (Å²) < 4.78 is 32.3. The van der Waals surface area contributed by atoms with Crippen molar-refractivity contribution in [2.45, 2.75) is 25.6 Å². The monoisotopic (exact) mass is 364 g/mol. The highest BCUT2D eigenvalue weighted by atomic mass is 32.2. The van der Waals surface area contributed by atoms with Gasteiger partial charge in [-0.1, -0.05) is 12.1 Å². The average molecular weight is 364 g/mol. The van der Waals surface area contributed by atoms with Crippen molar-refractivity contribution in [3.8, 4) is 5.75 Å². The van der Waals surface area contributed by atoms with Crippen molar-refractivity contribution in [2.75, 3.05) is 26.5 Å². The number of hydrogen-bond acceptors (Lipinski definition) is 5. The molecule has 0 fully saturated rings. The van der Waals surface area contributed by atoms with Crippen molar-refractivity contribution in [2.24, 2.45) is 0 Å². The third-order valence-corrected chi connectivity index (χ3v) is 5.09. The molecule has 0 bridgehead atoms. The summed E-state index contributed by atoms with van der Waals surface area (Å²) in [7, 11) is -1.50. The standard InChI is InChI=1S/C17H24N4O3S/c1-24-17-5-3-14(4-6-17)11-20-12-15-7-9-18-21(15)16(13-20)8-10-19-25(2,22)23/h3-7,9,16,19H,8,10-13H2,1-2H3/t16-/m0/s1. The van der Waals surface area contributed by atoms with Crippen LogP contribution >= 0.6 is 0 Å². The van der Waals surface area contributed by atoms with Crippen LogP contribution in [0.25, 0.3) is 0 Å². The molecule has 25 heavy (non-hydrogen) atoms. The van der Waals surface area contributed by atoms with Crippen LogP contribution in [-0.4, -0.2) is 49.6 Å². The van der Waals surface area contributed by atoms with E-state index in [0.29, 0.717) is 13.0 Å². The Bertz CT molecular complexity index is 802. The Morgan fingerprint density at radius 1 is 1.28 bits per heavy atom. The van der Waals surface area contributed by atoms with Crippen molar-refractivity contribution in [3.63, 3.8) is 0 Å². The van der Waals surface area contributed by atoms with E-state index in [2.05, 4.69) is 26.9 Å². The fourth-order valence-electron chi connectivity index (χ4n) is 3.20. The second-order valence-corrected chi connectivity index (χ2v) is 8.23. The molecule has 7 nitrogen and oxygen atoms in total. The first-order valence-corrected chi connectivity index (χ1v) is 10.2. The number of benzene rings is 1. The lowest BCUT2D eigenvalue weighted by atomic mass is 10.1. The van der Waals surface area contributed by atoms with E-state index < -0.39 is 10.0 Å². The molecule has 0 saturated heterocycles. The molecule has 8 heteroatoms. The molecule has 1 aliphatic rings. The summed E-state index contributed by atoms with van der Waals surface area (Å²) in [6.45, 7) is 2.93. The first-order valence-electron chi connectivity index (χ1n) is 8.27. The summed E-state index contributed by atoms with van der Waals surface area (Å²) >= 11 is 0. The molecule has 0 saturated carbocycles. The number of nitrogens with zero attached hydrogens (tertiary/aromatic N) is 3. The van der Waals surface area contributed by atoms with Gasteiger partial charge in [0.05, 0.1) is 25.1 Å². The minimum Gasteiger partial charge on any atom is -0.497 e. The predicted octanol–water partition coefficient (Wildman–Crippen LogP) is 1.39. The van der Waals surface area contributed by atoms with Gasteiger partial charge in [0.25, 0.3) is 0 Å². The van der Waals surface area contributed by atoms with Crippen molar-refractivity contribution >= 4 is 10.0 Å². The third-order valence-electron chi connectivity index (χ3n) is 4.36. The lowest BCUT2D eigenvalue weighted by Gasteiger charge is -2.34. The lowest BCUT2D eigenvalue weighted by Crippen LogP contribution is -2.38. The van der Waals surface area contributed by atoms with Gasteiger partial charge in [0, 0.05) is 32.4 Å². The first kappa shape index (κ1) is 17.9. The second-order valence-electron chi connectivity index (χ2n) is 6.39. The van der Waals surface area contributed by atoms with Gasteiger partial charge < -0.3 is 4.74 Å². The summed E-state index contributed by atoms with van der Waals surface area (Å²) in [6.07, 6.45) is 3.70. The van der Waals surface area contributed by atoms with E-state index in [0.717, 1.165) is 31.1 Å². The Morgan fingerprint density at radius 3 is 2.72 bits per heavy atom. The molecule has 3 rings (SSSR count). The summed E-state index contributed by atoms with van der Waals surface area (Å²) in [4.78, 5) is 2.37. The Balaban J connectivity index is 1.66. The Morgan fingerprint density at radius 2 is 2.04 bits per heavy atom. The molecule has 2 aromatic rings.